The van der Waals surface area contributed by atoms with E-state index >= 15 is 0 Å². The van der Waals surface area contributed by atoms with Gasteiger partial charge in [-0.1, -0.05) is 30.3 Å². The molecule has 1 heterocycles. The topological polar surface area (TPSA) is 69.6 Å². The molecule has 1 fully saturated rings. The Morgan fingerprint density at radius 1 is 1.36 bits per heavy atom. The van der Waals surface area contributed by atoms with E-state index in [-0.39, 0.29) is 30.2 Å². The van der Waals surface area contributed by atoms with Crippen LogP contribution in [0.2, 0.25) is 0 Å². The summed E-state index contributed by atoms with van der Waals surface area (Å²) in [6, 6.07) is 9.51. The van der Waals surface area contributed by atoms with Crippen LogP contribution in [0, 0.1) is 5.92 Å². The zero-order valence-corrected chi connectivity index (χ0v) is 13.2. The van der Waals surface area contributed by atoms with Gasteiger partial charge in [0.25, 0.3) is 0 Å². The third-order valence-electron chi connectivity index (χ3n) is 4.05. The first kappa shape index (κ1) is 16.5. The molecule has 2 unspecified atom stereocenters. The number of rotatable bonds is 6. The van der Waals surface area contributed by atoms with E-state index in [0.29, 0.717) is 19.5 Å². The lowest BCUT2D eigenvalue weighted by atomic mass is 10.1. The van der Waals surface area contributed by atoms with Crippen molar-refractivity contribution < 1.29 is 14.7 Å². The first-order chi connectivity index (χ1) is 10.5. The zero-order valence-electron chi connectivity index (χ0n) is 13.2. The van der Waals surface area contributed by atoms with Gasteiger partial charge in [0.05, 0.1) is 12.0 Å². The van der Waals surface area contributed by atoms with Gasteiger partial charge < -0.3 is 15.3 Å². The van der Waals surface area contributed by atoms with E-state index < -0.39 is 6.10 Å². The Balaban J connectivity index is 1.76. The second kappa shape index (κ2) is 7.40. The molecule has 0 aromatic heterocycles. The summed E-state index contributed by atoms with van der Waals surface area (Å²) >= 11 is 0. The molecule has 2 N–H and O–H groups in total. The third kappa shape index (κ3) is 4.07. The molecule has 0 bridgehead atoms. The molecule has 2 atom stereocenters. The van der Waals surface area contributed by atoms with Gasteiger partial charge in [-0.15, -0.1) is 0 Å². The molecule has 5 heteroatoms. The first-order valence-electron chi connectivity index (χ1n) is 7.79. The molecular formula is C17H24N2O3. The van der Waals surface area contributed by atoms with E-state index in [9.17, 15) is 14.7 Å². The summed E-state index contributed by atoms with van der Waals surface area (Å²) in [7, 11) is 0. The number of likely N-dealkylation sites (tertiary alicyclic amines) is 1. The predicted octanol–water partition coefficient (Wildman–Crippen LogP) is 1.48. The van der Waals surface area contributed by atoms with E-state index in [0.717, 1.165) is 5.56 Å². The van der Waals surface area contributed by atoms with Gasteiger partial charge in [-0.05, 0) is 25.8 Å². The van der Waals surface area contributed by atoms with Crippen LogP contribution in [0.1, 0.15) is 38.4 Å². The fourth-order valence-electron chi connectivity index (χ4n) is 2.72. The maximum Gasteiger partial charge on any atom is 0.225 e. The van der Waals surface area contributed by atoms with Crippen LogP contribution in [0.5, 0.6) is 0 Å². The van der Waals surface area contributed by atoms with Crippen LogP contribution in [-0.4, -0.2) is 41.0 Å². The minimum absolute atomic E-state index is 0.0412. The highest BCUT2D eigenvalue weighted by Crippen LogP contribution is 2.20. The van der Waals surface area contributed by atoms with Gasteiger partial charge in [0, 0.05) is 25.6 Å². The summed E-state index contributed by atoms with van der Waals surface area (Å²) in [4.78, 5) is 25.6. The van der Waals surface area contributed by atoms with Crippen molar-refractivity contribution in [2.75, 3.05) is 13.1 Å². The third-order valence-corrected chi connectivity index (χ3v) is 4.05. The minimum Gasteiger partial charge on any atom is -0.388 e. The van der Waals surface area contributed by atoms with E-state index in [1.807, 2.05) is 44.2 Å². The number of aliphatic hydroxyl groups excluding tert-OH is 1. The van der Waals surface area contributed by atoms with Crippen LogP contribution in [0.4, 0.5) is 0 Å². The van der Waals surface area contributed by atoms with Gasteiger partial charge in [0.15, 0.2) is 0 Å². The SMILES string of the molecule is CC(C)N1CC(C(=O)NCCC(O)c2ccccc2)CC1=O. The van der Waals surface area contributed by atoms with Gasteiger partial charge >= 0.3 is 0 Å². The Bertz CT molecular complexity index is 516. The molecule has 1 aromatic rings. The fourth-order valence-corrected chi connectivity index (χ4v) is 2.72. The molecule has 0 radical (unpaired) electrons. The number of aliphatic hydroxyl groups is 1. The van der Waals surface area contributed by atoms with Crippen molar-refractivity contribution in [1.29, 1.82) is 0 Å². The molecule has 1 aliphatic heterocycles. The number of amides is 2. The van der Waals surface area contributed by atoms with E-state index in [2.05, 4.69) is 5.32 Å². The lowest BCUT2D eigenvalue weighted by Gasteiger charge is -2.20. The minimum atomic E-state index is -0.584. The van der Waals surface area contributed by atoms with Crippen molar-refractivity contribution in [1.82, 2.24) is 10.2 Å². The lowest BCUT2D eigenvalue weighted by molar-refractivity contribution is -0.129. The number of hydrogen-bond acceptors (Lipinski definition) is 3. The molecule has 1 aliphatic rings. The van der Waals surface area contributed by atoms with Crippen molar-refractivity contribution in [2.45, 2.75) is 38.8 Å². The average Bonchev–Trinajstić information content (AvgIpc) is 2.90. The predicted molar refractivity (Wildman–Crippen MR) is 84.0 cm³/mol. The molecule has 22 heavy (non-hydrogen) atoms. The van der Waals surface area contributed by atoms with E-state index in [4.69, 9.17) is 0 Å². The summed E-state index contributed by atoms with van der Waals surface area (Å²) in [5, 5.41) is 12.9. The molecule has 0 saturated carbocycles. The molecule has 120 valence electrons. The molecule has 2 amide bonds. The Morgan fingerprint density at radius 3 is 2.64 bits per heavy atom. The maximum absolute atomic E-state index is 12.1. The monoisotopic (exact) mass is 304 g/mol. The Kier molecular flexibility index (Phi) is 5.55. The summed E-state index contributed by atoms with van der Waals surface area (Å²) in [5.41, 5.74) is 0.846. The summed E-state index contributed by atoms with van der Waals surface area (Å²) in [5.74, 6) is -0.333. The van der Waals surface area contributed by atoms with Crippen LogP contribution in [0.3, 0.4) is 0 Å². The quantitative estimate of drug-likeness (QED) is 0.836. The Labute approximate surface area is 131 Å². The molecule has 0 aliphatic carbocycles. The van der Waals surface area contributed by atoms with E-state index in [1.165, 1.54) is 0 Å². The van der Waals surface area contributed by atoms with Crippen LogP contribution in [0.25, 0.3) is 0 Å². The number of benzene rings is 1. The number of carbonyl (C=O) groups excluding carboxylic acids is 2. The van der Waals surface area contributed by atoms with Crippen molar-refractivity contribution in [3.05, 3.63) is 35.9 Å². The molecule has 1 saturated heterocycles. The summed E-state index contributed by atoms with van der Waals surface area (Å²) < 4.78 is 0. The first-order valence-corrected chi connectivity index (χ1v) is 7.79. The molecule has 5 nitrogen and oxygen atoms in total. The highest BCUT2D eigenvalue weighted by atomic mass is 16.3. The van der Waals surface area contributed by atoms with Gasteiger partial charge in [0.2, 0.25) is 11.8 Å². The number of nitrogens with zero attached hydrogens (tertiary/aromatic N) is 1. The van der Waals surface area contributed by atoms with Gasteiger partial charge in [0.1, 0.15) is 0 Å². The van der Waals surface area contributed by atoms with Crippen molar-refractivity contribution in [3.63, 3.8) is 0 Å². The number of hydrogen-bond donors (Lipinski definition) is 2. The van der Waals surface area contributed by atoms with Crippen LogP contribution in [0.15, 0.2) is 30.3 Å². The normalized spacial score (nSPS) is 19.5. The standard InChI is InChI=1S/C17H24N2O3/c1-12(2)19-11-14(10-16(19)21)17(22)18-9-8-15(20)13-6-4-3-5-7-13/h3-7,12,14-15,20H,8-11H2,1-2H3,(H,18,22). The molecular weight excluding hydrogens is 280 g/mol. The average molecular weight is 304 g/mol. The molecule has 2 rings (SSSR count). The molecule has 0 spiro atoms. The summed E-state index contributed by atoms with van der Waals surface area (Å²) in [6.45, 7) is 4.80. The molecule has 1 aromatic carbocycles. The second-order valence-electron chi connectivity index (χ2n) is 6.05. The Hall–Kier alpha value is -1.88. The highest BCUT2D eigenvalue weighted by molar-refractivity contribution is 5.89. The zero-order chi connectivity index (χ0) is 16.1. The van der Waals surface area contributed by atoms with E-state index in [1.54, 1.807) is 4.90 Å². The maximum atomic E-state index is 12.1. The van der Waals surface area contributed by atoms with Gasteiger partial charge in [-0.25, -0.2) is 0 Å². The van der Waals surface area contributed by atoms with Gasteiger partial charge in [-0.3, -0.25) is 9.59 Å². The lowest BCUT2D eigenvalue weighted by Crippen LogP contribution is -2.36. The van der Waals surface area contributed by atoms with Crippen LogP contribution < -0.4 is 5.32 Å². The van der Waals surface area contributed by atoms with Crippen LogP contribution >= 0.6 is 0 Å². The van der Waals surface area contributed by atoms with Crippen molar-refractivity contribution >= 4 is 11.8 Å². The fraction of sp³-hybridized carbons (Fsp3) is 0.529. The smallest absolute Gasteiger partial charge is 0.225 e. The second-order valence-corrected chi connectivity index (χ2v) is 6.05. The Morgan fingerprint density at radius 2 is 2.05 bits per heavy atom. The van der Waals surface area contributed by atoms with Crippen LogP contribution in [-0.2, 0) is 9.59 Å². The van der Waals surface area contributed by atoms with Gasteiger partial charge in [-0.2, -0.15) is 0 Å². The largest absolute Gasteiger partial charge is 0.388 e. The number of nitrogens with one attached hydrogen (secondary N) is 1. The summed E-state index contributed by atoms with van der Waals surface area (Å²) in [6.07, 6.45) is 0.161. The number of carbonyl (C=O) groups is 2. The van der Waals surface area contributed by atoms with Crippen molar-refractivity contribution in [3.8, 4) is 0 Å². The van der Waals surface area contributed by atoms with Crippen molar-refractivity contribution in [2.24, 2.45) is 5.92 Å². The highest BCUT2D eigenvalue weighted by Gasteiger charge is 2.35.